The zero-order valence-electron chi connectivity index (χ0n) is 14.8. The van der Waals surface area contributed by atoms with Crippen LogP contribution in [0.3, 0.4) is 0 Å². The van der Waals surface area contributed by atoms with Crippen LogP contribution in [-0.2, 0) is 16.0 Å². The first kappa shape index (κ1) is 18.2. The zero-order valence-corrected chi connectivity index (χ0v) is 15.6. The molecule has 1 saturated carbocycles. The molecule has 0 bridgehead atoms. The number of fused-ring (bicyclic) bond motifs is 1. The van der Waals surface area contributed by atoms with Crippen LogP contribution in [0.25, 0.3) is 0 Å². The summed E-state index contributed by atoms with van der Waals surface area (Å²) >= 11 is 5.87. The van der Waals surface area contributed by atoms with Crippen LogP contribution in [0.1, 0.15) is 25.8 Å². The Balaban J connectivity index is 1.47. The van der Waals surface area contributed by atoms with Gasteiger partial charge >= 0.3 is 0 Å². The van der Waals surface area contributed by atoms with Gasteiger partial charge in [-0.05, 0) is 41.9 Å². The lowest BCUT2D eigenvalue weighted by Gasteiger charge is -2.54. The average molecular weight is 364 g/mol. The molecule has 5 nitrogen and oxygen atoms in total. The van der Waals surface area contributed by atoms with E-state index < -0.39 is 5.41 Å². The molecule has 136 valence electrons. The summed E-state index contributed by atoms with van der Waals surface area (Å²) in [5, 5.41) is 3.67. The quantitative estimate of drug-likeness (QED) is 0.809. The third kappa shape index (κ3) is 3.53. The Morgan fingerprint density at radius 3 is 2.56 bits per heavy atom. The molecule has 1 aliphatic heterocycles. The van der Waals surface area contributed by atoms with Gasteiger partial charge in [-0.2, -0.15) is 0 Å². The Morgan fingerprint density at radius 1 is 1.32 bits per heavy atom. The molecule has 1 aromatic carbocycles. The minimum atomic E-state index is -0.437. The molecule has 1 aliphatic carbocycles. The molecular weight excluding hydrogens is 338 g/mol. The van der Waals surface area contributed by atoms with Gasteiger partial charge in [-0.1, -0.05) is 37.6 Å². The number of primary amides is 1. The van der Waals surface area contributed by atoms with E-state index in [-0.39, 0.29) is 23.1 Å². The van der Waals surface area contributed by atoms with E-state index in [1.165, 1.54) is 0 Å². The summed E-state index contributed by atoms with van der Waals surface area (Å²) in [5.41, 5.74) is 6.49. The predicted octanol–water partition coefficient (Wildman–Crippen LogP) is 1.83. The molecular formula is C19H26ClN3O2. The van der Waals surface area contributed by atoms with Gasteiger partial charge in [0, 0.05) is 24.7 Å². The lowest BCUT2D eigenvalue weighted by Crippen LogP contribution is -2.59. The lowest BCUT2D eigenvalue weighted by molar-refractivity contribution is -0.148. The Bertz CT molecular complexity index is 674. The third-order valence-corrected chi connectivity index (χ3v) is 6.09. The molecule has 6 heteroatoms. The van der Waals surface area contributed by atoms with Gasteiger partial charge in [0.2, 0.25) is 11.8 Å². The first-order chi connectivity index (χ1) is 11.7. The second kappa shape index (κ2) is 6.61. The minimum Gasteiger partial charge on any atom is -0.369 e. The summed E-state index contributed by atoms with van der Waals surface area (Å²) in [6.07, 6.45) is 1.58. The Hall–Kier alpha value is -1.59. The highest BCUT2D eigenvalue weighted by molar-refractivity contribution is 6.30. The molecule has 0 spiro atoms. The number of nitrogens with one attached hydrogen (secondary N) is 1. The summed E-state index contributed by atoms with van der Waals surface area (Å²) < 4.78 is 0. The van der Waals surface area contributed by atoms with Crippen LogP contribution < -0.4 is 11.1 Å². The first-order valence-electron chi connectivity index (χ1n) is 8.76. The lowest BCUT2D eigenvalue weighted by atomic mass is 9.48. The van der Waals surface area contributed by atoms with Crippen LogP contribution in [0, 0.1) is 16.7 Å². The first-order valence-corrected chi connectivity index (χ1v) is 9.14. The fourth-order valence-electron chi connectivity index (χ4n) is 4.70. The molecule has 3 rings (SSSR count). The SMILES string of the molecule is CC1(C)C[C@]2(C(N)=O)CN(CC(=O)NCCc3ccc(Cl)cc3)C[C@H]12. The number of hydrogen-bond acceptors (Lipinski definition) is 3. The molecule has 25 heavy (non-hydrogen) atoms. The molecule has 1 saturated heterocycles. The normalized spacial score (nSPS) is 27.4. The van der Waals surface area contributed by atoms with Gasteiger partial charge in [-0.15, -0.1) is 0 Å². The van der Waals surface area contributed by atoms with Crippen molar-refractivity contribution in [2.24, 2.45) is 22.5 Å². The van der Waals surface area contributed by atoms with Gasteiger partial charge in [0.05, 0.1) is 12.0 Å². The van der Waals surface area contributed by atoms with E-state index >= 15 is 0 Å². The van der Waals surface area contributed by atoms with Crippen molar-refractivity contribution in [3.05, 3.63) is 34.9 Å². The number of nitrogens with two attached hydrogens (primary N) is 1. The summed E-state index contributed by atoms with van der Waals surface area (Å²) in [4.78, 5) is 26.2. The molecule has 2 amide bonds. The molecule has 2 aliphatic rings. The van der Waals surface area contributed by atoms with Crippen LogP contribution in [0.4, 0.5) is 0 Å². The molecule has 3 N–H and O–H groups in total. The summed E-state index contributed by atoms with van der Waals surface area (Å²) in [5.74, 6) is 0.0227. The monoisotopic (exact) mass is 363 g/mol. The highest BCUT2D eigenvalue weighted by Gasteiger charge is 2.65. The van der Waals surface area contributed by atoms with Crippen LogP contribution >= 0.6 is 11.6 Å². The van der Waals surface area contributed by atoms with Crippen molar-refractivity contribution in [2.75, 3.05) is 26.2 Å². The van der Waals surface area contributed by atoms with E-state index in [1.807, 2.05) is 24.3 Å². The fraction of sp³-hybridized carbons (Fsp3) is 0.579. The maximum atomic E-state index is 12.2. The van der Waals surface area contributed by atoms with Gasteiger partial charge < -0.3 is 11.1 Å². The summed E-state index contributed by atoms with van der Waals surface area (Å²) in [6.45, 7) is 6.62. The summed E-state index contributed by atoms with van der Waals surface area (Å²) in [6, 6.07) is 7.63. The molecule has 2 fully saturated rings. The van der Waals surface area contributed by atoms with Gasteiger partial charge in [-0.3, -0.25) is 14.5 Å². The van der Waals surface area contributed by atoms with Gasteiger partial charge in [0.1, 0.15) is 0 Å². The predicted molar refractivity (Wildman–Crippen MR) is 98.1 cm³/mol. The number of rotatable bonds is 6. The maximum absolute atomic E-state index is 12.2. The van der Waals surface area contributed by atoms with Crippen molar-refractivity contribution >= 4 is 23.4 Å². The number of likely N-dealkylation sites (tertiary alicyclic amines) is 1. The number of hydrogen-bond donors (Lipinski definition) is 2. The van der Waals surface area contributed by atoms with Crippen LogP contribution in [0.2, 0.25) is 5.02 Å². The van der Waals surface area contributed by atoms with Gasteiger partial charge in [0.25, 0.3) is 0 Å². The number of amides is 2. The molecule has 1 aromatic rings. The highest BCUT2D eigenvalue weighted by Crippen LogP contribution is 2.62. The largest absolute Gasteiger partial charge is 0.369 e. The minimum absolute atomic E-state index is 0.00677. The van der Waals surface area contributed by atoms with E-state index in [9.17, 15) is 9.59 Å². The molecule has 0 unspecified atom stereocenters. The van der Waals surface area contributed by atoms with Crippen molar-refractivity contribution < 1.29 is 9.59 Å². The van der Waals surface area contributed by atoms with Crippen molar-refractivity contribution in [1.29, 1.82) is 0 Å². The van der Waals surface area contributed by atoms with Gasteiger partial charge in [0.15, 0.2) is 0 Å². The maximum Gasteiger partial charge on any atom is 0.234 e. The number of carbonyl (C=O) groups is 2. The second-order valence-corrected chi connectivity index (χ2v) is 8.57. The number of benzene rings is 1. The Kier molecular flexibility index (Phi) is 4.82. The summed E-state index contributed by atoms with van der Waals surface area (Å²) in [7, 11) is 0. The third-order valence-electron chi connectivity index (χ3n) is 5.83. The number of carbonyl (C=O) groups excluding carboxylic acids is 2. The highest BCUT2D eigenvalue weighted by atomic mass is 35.5. The van der Waals surface area contributed by atoms with Crippen LogP contribution in [0.5, 0.6) is 0 Å². The Labute approximate surface area is 153 Å². The van der Waals surface area contributed by atoms with Gasteiger partial charge in [-0.25, -0.2) is 0 Å². The second-order valence-electron chi connectivity index (χ2n) is 8.13. The Morgan fingerprint density at radius 2 is 2.00 bits per heavy atom. The van der Waals surface area contributed by atoms with E-state index in [2.05, 4.69) is 24.1 Å². The molecule has 2 atom stereocenters. The van der Waals surface area contributed by atoms with Crippen molar-refractivity contribution in [1.82, 2.24) is 10.2 Å². The van der Waals surface area contributed by atoms with E-state index in [1.54, 1.807) is 0 Å². The molecule has 0 radical (unpaired) electrons. The van der Waals surface area contributed by atoms with E-state index in [0.717, 1.165) is 24.9 Å². The standard InChI is InChI=1S/C19H26ClN3O2/c1-18(2)11-19(17(21)25)12-23(9-15(18)19)10-16(24)22-8-7-13-3-5-14(20)6-4-13/h3-6,15H,7-12H2,1-2H3,(H2,21,25)(H,22,24)/t15-,19+/m1/s1. The van der Waals surface area contributed by atoms with Crippen molar-refractivity contribution in [2.45, 2.75) is 26.7 Å². The van der Waals surface area contributed by atoms with E-state index in [4.69, 9.17) is 17.3 Å². The topological polar surface area (TPSA) is 75.4 Å². The van der Waals surface area contributed by atoms with Crippen molar-refractivity contribution in [3.63, 3.8) is 0 Å². The molecule has 0 aromatic heterocycles. The molecule has 1 heterocycles. The zero-order chi connectivity index (χ0) is 18.2. The van der Waals surface area contributed by atoms with Crippen LogP contribution in [-0.4, -0.2) is 42.9 Å². The van der Waals surface area contributed by atoms with E-state index in [0.29, 0.717) is 24.7 Å². The smallest absolute Gasteiger partial charge is 0.234 e. The number of nitrogens with zero attached hydrogens (tertiary/aromatic N) is 1. The average Bonchev–Trinajstić information content (AvgIpc) is 2.84. The van der Waals surface area contributed by atoms with Crippen molar-refractivity contribution in [3.8, 4) is 0 Å². The van der Waals surface area contributed by atoms with Crippen LogP contribution in [0.15, 0.2) is 24.3 Å². The number of halogens is 1. The fourth-order valence-corrected chi connectivity index (χ4v) is 4.83.